The Morgan fingerprint density at radius 3 is 2.94 bits per heavy atom. The van der Waals surface area contributed by atoms with Crippen molar-refractivity contribution < 1.29 is 15.0 Å². The molecule has 0 saturated heterocycles. The van der Waals surface area contributed by atoms with E-state index in [1.807, 2.05) is 0 Å². The van der Waals surface area contributed by atoms with Gasteiger partial charge in [-0.2, -0.15) is 0 Å². The molecular weight excluding hydrogens is 224 g/mol. The number of pyridine rings is 1. The van der Waals surface area contributed by atoms with Crippen LogP contribution in [0, 0.1) is 0 Å². The summed E-state index contributed by atoms with van der Waals surface area (Å²) < 4.78 is 0. The first-order chi connectivity index (χ1) is 8.19. The van der Waals surface area contributed by atoms with Gasteiger partial charge in [0.2, 0.25) is 0 Å². The van der Waals surface area contributed by atoms with Gasteiger partial charge in [-0.15, -0.1) is 0 Å². The van der Waals surface area contributed by atoms with Crippen molar-refractivity contribution in [2.75, 3.05) is 6.54 Å². The van der Waals surface area contributed by atoms with Gasteiger partial charge in [-0.05, 0) is 24.1 Å². The number of carbonyl (C=O) groups excluding carboxylic acids is 1. The van der Waals surface area contributed by atoms with Crippen LogP contribution in [0.5, 0.6) is 0 Å². The van der Waals surface area contributed by atoms with Crippen LogP contribution in [0.2, 0.25) is 0 Å². The zero-order valence-corrected chi connectivity index (χ0v) is 8.97. The zero-order chi connectivity index (χ0) is 12.7. The molecule has 0 aromatic carbocycles. The molecule has 1 rings (SSSR count). The van der Waals surface area contributed by atoms with Crippen molar-refractivity contribution in [1.82, 2.24) is 4.98 Å². The standard InChI is InChI=1S/C10H12N4O3/c11-14-12-5-4-9(16)10(17)8-3-1-2-7(6-15)13-8/h1-3,6,9-10,16-17H,4-5H2. The van der Waals surface area contributed by atoms with Crippen LogP contribution in [0.25, 0.3) is 10.4 Å². The fourth-order valence-electron chi connectivity index (χ4n) is 1.29. The summed E-state index contributed by atoms with van der Waals surface area (Å²) in [6, 6.07) is 4.57. The number of azide groups is 1. The van der Waals surface area contributed by atoms with Crippen LogP contribution < -0.4 is 0 Å². The smallest absolute Gasteiger partial charge is 0.168 e. The van der Waals surface area contributed by atoms with Crippen molar-refractivity contribution in [1.29, 1.82) is 0 Å². The second-order valence-corrected chi connectivity index (χ2v) is 3.36. The van der Waals surface area contributed by atoms with E-state index in [9.17, 15) is 15.0 Å². The third kappa shape index (κ3) is 3.84. The van der Waals surface area contributed by atoms with Gasteiger partial charge in [-0.25, -0.2) is 4.98 Å². The maximum Gasteiger partial charge on any atom is 0.168 e. The van der Waals surface area contributed by atoms with Gasteiger partial charge in [0.05, 0.1) is 11.8 Å². The average molecular weight is 236 g/mol. The predicted molar refractivity (Wildman–Crippen MR) is 59.2 cm³/mol. The van der Waals surface area contributed by atoms with Crippen LogP contribution >= 0.6 is 0 Å². The van der Waals surface area contributed by atoms with Gasteiger partial charge >= 0.3 is 0 Å². The minimum Gasteiger partial charge on any atom is -0.390 e. The van der Waals surface area contributed by atoms with Gasteiger partial charge in [-0.3, -0.25) is 4.79 Å². The number of aromatic nitrogens is 1. The van der Waals surface area contributed by atoms with Crippen molar-refractivity contribution in [3.8, 4) is 0 Å². The summed E-state index contributed by atoms with van der Waals surface area (Å²) >= 11 is 0. The molecule has 17 heavy (non-hydrogen) atoms. The lowest BCUT2D eigenvalue weighted by molar-refractivity contribution is 0.0124. The van der Waals surface area contributed by atoms with E-state index in [1.54, 1.807) is 6.07 Å². The summed E-state index contributed by atoms with van der Waals surface area (Å²) in [7, 11) is 0. The monoisotopic (exact) mass is 236 g/mol. The van der Waals surface area contributed by atoms with E-state index in [0.717, 1.165) is 0 Å². The van der Waals surface area contributed by atoms with Crippen LogP contribution in [-0.2, 0) is 0 Å². The predicted octanol–water partition coefficient (Wildman–Crippen LogP) is 0.989. The van der Waals surface area contributed by atoms with Gasteiger partial charge in [0, 0.05) is 11.5 Å². The Morgan fingerprint density at radius 1 is 1.53 bits per heavy atom. The Bertz CT molecular complexity index is 431. The fourth-order valence-corrected chi connectivity index (χ4v) is 1.29. The number of aldehydes is 1. The van der Waals surface area contributed by atoms with Crippen LogP contribution in [0.4, 0.5) is 0 Å². The molecule has 0 fully saturated rings. The van der Waals surface area contributed by atoms with Crippen LogP contribution in [0.1, 0.15) is 28.7 Å². The molecule has 7 heteroatoms. The summed E-state index contributed by atoms with van der Waals surface area (Å²) in [5, 5.41) is 22.6. The Morgan fingerprint density at radius 2 is 2.29 bits per heavy atom. The quantitative estimate of drug-likeness (QED) is 0.331. The highest BCUT2D eigenvalue weighted by Gasteiger charge is 2.19. The van der Waals surface area contributed by atoms with Crippen LogP contribution in [-0.4, -0.2) is 34.1 Å². The molecule has 1 aromatic rings. The van der Waals surface area contributed by atoms with Crippen LogP contribution in [0.15, 0.2) is 23.3 Å². The molecule has 7 nitrogen and oxygen atoms in total. The van der Waals surface area contributed by atoms with Crippen molar-refractivity contribution in [2.45, 2.75) is 18.6 Å². The number of rotatable bonds is 6. The Balaban J connectivity index is 2.69. The van der Waals surface area contributed by atoms with E-state index in [2.05, 4.69) is 15.0 Å². The van der Waals surface area contributed by atoms with E-state index in [1.165, 1.54) is 12.1 Å². The first kappa shape index (κ1) is 13.1. The van der Waals surface area contributed by atoms with Gasteiger partial charge in [0.15, 0.2) is 6.29 Å². The molecule has 1 heterocycles. The maximum absolute atomic E-state index is 10.5. The summed E-state index contributed by atoms with van der Waals surface area (Å²) in [6.45, 7) is 0.0854. The minimum absolute atomic E-state index is 0.0854. The number of carbonyl (C=O) groups is 1. The summed E-state index contributed by atoms with van der Waals surface area (Å²) in [4.78, 5) is 16.9. The molecule has 1 aromatic heterocycles. The van der Waals surface area contributed by atoms with Gasteiger partial charge < -0.3 is 10.2 Å². The highest BCUT2D eigenvalue weighted by Crippen LogP contribution is 2.17. The maximum atomic E-state index is 10.5. The fraction of sp³-hybridized carbons (Fsp3) is 0.400. The number of aliphatic hydroxyl groups is 2. The molecule has 0 radical (unpaired) electrons. The summed E-state index contributed by atoms with van der Waals surface area (Å²) in [5.74, 6) is 0. The largest absolute Gasteiger partial charge is 0.390 e. The van der Waals surface area contributed by atoms with Gasteiger partial charge in [-0.1, -0.05) is 11.2 Å². The molecule has 0 amide bonds. The molecule has 0 aliphatic rings. The van der Waals surface area contributed by atoms with Crippen molar-refractivity contribution in [3.63, 3.8) is 0 Å². The van der Waals surface area contributed by atoms with Crippen LogP contribution in [0.3, 0.4) is 0 Å². The normalized spacial score (nSPS) is 13.5. The molecule has 2 unspecified atom stereocenters. The molecule has 0 spiro atoms. The molecule has 0 aliphatic heterocycles. The molecule has 0 bridgehead atoms. The lowest BCUT2D eigenvalue weighted by atomic mass is 10.1. The minimum atomic E-state index is -1.20. The summed E-state index contributed by atoms with van der Waals surface area (Å²) in [5.41, 5.74) is 8.46. The third-order valence-electron chi connectivity index (χ3n) is 2.17. The van der Waals surface area contributed by atoms with Crippen molar-refractivity contribution in [2.24, 2.45) is 5.11 Å². The van der Waals surface area contributed by atoms with E-state index in [4.69, 9.17) is 5.53 Å². The molecule has 2 N–H and O–H groups in total. The van der Waals surface area contributed by atoms with Gasteiger partial charge in [0.25, 0.3) is 0 Å². The molecular formula is C10H12N4O3. The van der Waals surface area contributed by atoms with E-state index in [-0.39, 0.29) is 24.4 Å². The van der Waals surface area contributed by atoms with E-state index >= 15 is 0 Å². The zero-order valence-electron chi connectivity index (χ0n) is 8.97. The SMILES string of the molecule is [N-]=[N+]=NCCC(O)C(O)c1cccc(C=O)n1. The Labute approximate surface area is 97.4 Å². The first-order valence-corrected chi connectivity index (χ1v) is 4.98. The number of hydrogen-bond acceptors (Lipinski definition) is 5. The average Bonchev–Trinajstić information content (AvgIpc) is 2.38. The molecule has 0 aliphatic carbocycles. The van der Waals surface area contributed by atoms with E-state index in [0.29, 0.717) is 6.29 Å². The lowest BCUT2D eigenvalue weighted by Gasteiger charge is -2.16. The number of nitrogens with zero attached hydrogens (tertiary/aromatic N) is 4. The van der Waals surface area contributed by atoms with E-state index < -0.39 is 12.2 Å². The highest BCUT2D eigenvalue weighted by atomic mass is 16.3. The Hall–Kier alpha value is -1.95. The number of hydrogen-bond donors (Lipinski definition) is 2. The Kier molecular flexibility index (Phi) is 5.09. The summed E-state index contributed by atoms with van der Waals surface area (Å²) in [6.07, 6.45) is -1.61. The van der Waals surface area contributed by atoms with Gasteiger partial charge in [0.1, 0.15) is 11.8 Å². The van der Waals surface area contributed by atoms with Crippen molar-refractivity contribution in [3.05, 3.63) is 40.0 Å². The molecule has 2 atom stereocenters. The second kappa shape index (κ2) is 6.59. The third-order valence-corrected chi connectivity index (χ3v) is 2.17. The number of aliphatic hydroxyl groups excluding tert-OH is 2. The molecule has 0 saturated carbocycles. The second-order valence-electron chi connectivity index (χ2n) is 3.36. The molecule has 90 valence electrons. The van der Waals surface area contributed by atoms with Crippen molar-refractivity contribution >= 4 is 6.29 Å². The topological polar surface area (TPSA) is 119 Å². The first-order valence-electron chi connectivity index (χ1n) is 4.98. The highest BCUT2D eigenvalue weighted by molar-refractivity contribution is 5.71. The lowest BCUT2D eigenvalue weighted by Crippen LogP contribution is -2.20.